The summed E-state index contributed by atoms with van der Waals surface area (Å²) in [6.07, 6.45) is 3.53. The summed E-state index contributed by atoms with van der Waals surface area (Å²) in [6, 6.07) is 9.55. The molecule has 1 aliphatic carbocycles. The summed E-state index contributed by atoms with van der Waals surface area (Å²) >= 11 is 0. The second-order valence-corrected chi connectivity index (χ2v) is 8.05. The van der Waals surface area contributed by atoms with E-state index in [1.54, 1.807) is 13.8 Å². The standard InChI is InChI=1S/C23H26N2O4/c1-5-13-25-14(2)24-18-17(25)12-11-16(19(18)26)20(27)22-21(28-23(3,4)29-22)15-9-7-6-8-10-15/h5-10,13,16,21-22H,11-12H2,1-4H3/t16?,21-,22-/m0/s1. The van der Waals surface area contributed by atoms with Crippen molar-refractivity contribution < 1.29 is 19.1 Å². The summed E-state index contributed by atoms with van der Waals surface area (Å²) < 4.78 is 13.9. The Labute approximate surface area is 170 Å². The number of allylic oxidation sites excluding steroid dienone is 1. The molecule has 2 aliphatic rings. The van der Waals surface area contributed by atoms with Crippen molar-refractivity contribution in [2.24, 2.45) is 5.92 Å². The van der Waals surface area contributed by atoms with Gasteiger partial charge in [-0.3, -0.25) is 9.59 Å². The molecule has 6 nitrogen and oxygen atoms in total. The Morgan fingerprint density at radius 3 is 2.66 bits per heavy atom. The van der Waals surface area contributed by atoms with Crippen molar-refractivity contribution in [2.75, 3.05) is 0 Å². The molecule has 2 aromatic rings. The van der Waals surface area contributed by atoms with Crippen molar-refractivity contribution in [3.8, 4) is 0 Å². The lowest BCUT2D eigenvalue weighted by Gasteiger charge is -2.24. The van der Waals surface area contributed by atoms with E-state index in [2.05, 4.69) is 4.98 Å². The molecule has 152 valence electrons. The van der Waals surface area contributed by atoms with E-state index in [1.165, 1.54) is 0 Å². The molecule has 1 aromatic carbocycles. The molecule has 2 heterocycles. The summed E-state index contributed by atoms with van der Waals surface area (Å²) in [5.74, 6) is -1.35. The lowest BCUT2D eigenvalue weighted by molar-refractivity contribution is -0.156. The van der Waals surface area contributed by atoms with Crippen molar-refractivity contribution in [1.82, 2.24) is 9.55 Å². The maximum atomic E-state index is 13.4. The fourth-order valence-electron chi connectivity index (χ4n) is 4.28. The number of carbonyl (C=O) groups excluding carboxylic acids is 2. The molecular formula is C23H26N2O4. The molecule has 1 unspecified atom stereocenters. The smallest absolute Gasteiger partial charge is 0.193 e. The summed E-state index contributed by atoms with van der Waals surface area (Å²) in [7, 11) is 0. The minimum Gasteiger partial charge on any atom is -0.339 e. The number of benzene rings is 1. The largest absolute Gasteiger partial charge is 0.339 e. The van der Waals surface area contributed by atoms with Crippen molar-refractivity contribution in [2.45, 2.75) is 58.5 Å². The monoisotopic (exact) mass is 394 g/mol. The van der Waals surface area contributed by atoms with Crippen molar-refractivity contribution >= 4 is 17.8 Å². The summed E-state index contributed by atoms with van der Waals surface area (Å²) in [6.45, 7) is 7.37. The van der Waals surface area contributed by atoms with E-state index in [9.17, 15) is 9.59 Å². The topological polar surface area (TPSA) is 70.4 Å². The Morgan fingerprint density at radius 2 is 1.97 bits per heavy atom. The van der Waals surface area contributed by atoms with E-state index >= 15 is 0 Å². The van der Waals surface area contributed by atoms with E-state index in [-0.39, 0.29) is 11.6 Å². The van der Waals surface area contributed by atoms with Gasteiger partial charge >= 0.3 is 0 Å². The molecule has 0 bridgehead atoms. The highest BCUT2D eigenvalue weighted by molar-refractivity contribution is 6.12. The summed E-state index contributed by atoms with van der Waals surface area (Å²) in [5, 5.41) is 0. The lowest BCUT2D eigenvalue weighted by Crippen LogP contribution is -2.39. The van der Waals surface area contributed by atoms with E-state index in [1.807, 2.05) is 61.0 Å². The molecule has 1 aromatic heterocycles. The van der Waals surface area contributed by atoms with Crippen LogP contribution in [0.3, 0.4) is 0 Å². The molecule has 0 N–H and O–H groups in total. The van der Waals surface area contributed by atoms with Crippen molar-refractivity contribution in [3.63, 3.8) is 0 Å². The number of hydrogen-bond donors (Lipinski definition) is 0. The maximum absolute atomic E-state index is 13.4. The zero-order chi connectivity index (χ0) is 20.8. The molecule has 1 aliphatic heterocycles. The molecule has 0 saturated carbocycles. The van der Waals surface area contributed by atoms with Crippen LogP contribution in [0.4, 0.5) is 0 Å². The first-order chi connectivity index (χ1) is 13.8. The van der Waals surface area contributed by atoms with Gasteiger partial charge in [0.05, 0.1) is 11.6 Å². The van der Waals surface area contributed by atoms with E-state index in [0.717, 1.165) is 17.1 Å². The van der Waals surface area contributed by atoms with Gasteiger partial charge in [0.1, 0.15) is 17.6 Å². The molecule has 4 rings (SSSR count). The van der Waals surface area contributed by atoms with Crippen LogP contribution in [0.15, 0.2) is 36.4 Å². The van der Waals surface area contributed by atoms with Gasteiger partial charge in [-0.1, -0.05) is 36.4 Å². The number of Topliss-reactive ketones (excluding diaryl/α,β-unsaturated/α-hetero) is 2. The number of rotatable bonds is 4. The Hall–Kier alpha value is -2.57. The quantitative estimate of drug-likeness (QED) is 0.736. The number of nitrogens with zero attached hydrogens (tertiary/aromatic N) is 2. The highest BCUT2D eigenvalue weighted by Gasteiger charge is 2.49. The fourth-order valence-corrected chi connectivity index (χ4v) is 4.28. The van der Waals surface area contributed by atoms with Crippen LogP contribution in [0.1, 0.15) is 60.9 Å². The van der Waals surface area contributed by atoms with Gasteiger partial charge in [-0.05, 0) is 46.1 Å². The SMILES string of the molecule is CC=Cn1c(C)nc2c1CCC(C(=O)[C@@H]1OC(C)(C)O[C@H]1c1ccccc1)C2=O. The fraction of sp³-hybridized carbons (Fsp3) is 0.435. The Bertz CT molecular complexity index is 974. The molecule has 6 heteroatoms. The number of imidazole rings is 1. The van der Waals surface area contributed by atoms with Crippen LogP contribution in [0.25, 0.3) is 6.20 Å². The third kappa shape index (κ3) is 3.47. The number of ether oxygens (including phenoxy) is 2. The maximum Gasteiger partial charge on any atom is 0.193 e. The van der Waals surface area contributed by atoms with Crippen LogP contribution in [0, 0.1) is 12.8 Å². The van der Waals surface area contributed by atoms with E-state index in [0.29, 0.717) is 18.5 Å². The average Bonchev–Trinajstić information content (AvgIpc) is 3.20. The van der Waals surface area contributed by atoms with Gasteiger partial charge < -0.3 is 14.0 Å². The van der Waals surface area contributed by atoms with Crippen LogP contribution in [-0.4, -0.2) is 33.0 Å². The molecular weight excluding hydrogens is 368 g/mol. The third-order valence-corrected chi connectivity index (χ3v) is 5.55. The second-order valence-electron chi connectivity index (χ2n) is 8.05. The van der Waals surface area contributed by atoms with Gasteiger partial charge in [-0.25, -0.2) is 4.98 Å². The summed E-state index contributed by atoms with van der Waals surface area (Å²) in [5.41, 5.74) is 2.14. The van der Waals surface area contributed by atoms with Crippen LogP contribution in [0.2, 0.25) is 0 Å². The van der Waals surface area contributed by atoms with Gasteiger partial charge in [0.15, 0.2) is 23.5 Å². The van der Waals surface area contributed by atoms with Gasteiger partial charge in [0.25, 0.3) is 0 Å². The predicted octanol–water partition coefficient (Wildman–Crippen LogP) is 3.89. The second kappa shape index (κ2) is 7.35. The first-order valence-corrected chi connectivity index (χ1v) is 10.0. The van der Waals surface area contributed by atoms with Crippen LogP contribution < -0.4 is 0 Å². The van der Waals surface area contributed by atoms with E-state index in [4.69, 9.17) is 9.47 Å². The van der Waals surface area contributed by atoms with Crippen LogP contribution in [0.5, 0.6) is 0 Å². The molecule has 0 amide bonds. The highest BCUT2D eigenvalue weighted by atomic mass is 16.8. The van der Waals surface area contributed by atoms with Crippen molar-refractivity contribution in [1.29, 1.82) is 0 Å². The minimum atomic E-state index is -0.895. The third-order valence-electron chi connectivity index (χ3n) is 5.55. The zero-order valence-corrected chi connectivity index (χ0v) is 17.2. The Kier molecular flexibility index (Phi) is 5.00. The lowest BCUT2D eigenvalue weighted by atomic mass is 9.82. The first-order valence-electron chi connectivity index (χ1n) is 10.0. The van der Waals surface area contributed by atoms with Gasteiger partial charge in [-0.15, -0.1) is 0 Å². The number of fused-ring (bicyclic) bond motifs is 1. The average molecular weight is 394 g/mol. The number of carbonyl (C=O) groups is 2. The minimum absolute atomic E-state index is 0.220. The predicted molar refractivity (Wildman–Crippen MR) is 108 cm³/mol. The van der Waals surface area contributed by atoms with Gasteiger partial charge in [0.2, 0.25) is 0 Å². The molecule has 29 heavy (non-hydrogen) atoms. The number of aryl methyl sites for hydroxylation is 1. The zero-order valence-electron chi connectivity index (χ0n) is 17.2. The number of aromatic nitrogens is 2. The van der Waals surface area contributed by atoms with E-state index < -0.39 is 23.9 Å². The number of hydrogen-bond acceptors (Lipinski definition) is 5. The molecule has 3 atom stereocenters. The molecule has 0 spiro atoms. The Morgan fingerprint density at radius 1 is 1.24 bits per heavy atom. The number of ketones is 2. The molecule has 1 saturated heterocycles. The Balaban J connectivity index is 1.64. The first kappa shape index (κ1) is 19.7. The molecule has 0 radical (unpaired) electrons. The van der Waals surface area contributed by atoms with Crippen LogP contribution in [-0.2, 0) is 20.7 Å². The van der Waals surface area contributed by atoms with Crippen molar-refractivity contribution in [3.05, 3.63) is 59.2 Å². The van der Waals surface area contributed by atoms with Gasteiger partial charge in [0, 0.05) is 6.20 Å². The summed E-state index contributed by atoms with van der Waals surface area (Å²) in [4.78, 5) is 31.1. The van der Waals surface area contributed by atoms with Crippen LogP contribution >= 0.6 is 0 Å². The molecule has 1 fully saturated rings. The normalized spacial score (nSPS) is 26.1. The van der Waals surface area contributed by atoms with Gasteiger partial charge in [-0.2, -0.15) is 0 Å². The highest BCUT2D eigenvalue weighted by Crippen LogP contribution is 2.41.